The normalized spacial score (nSPS) is 12.5. The monoisotopic (exact) mass is 293 g/mol. The van der Waals surface area contributed by atoms with Crippen LogP contribution in [0.1, 0.15) is 45.0 Å². The van der Waals surface area contributed by atoms with Crippen molar-refractivity contribution in [3.05, 3.63) is 11.4 Å². The number of aryl methyl sites for hydroxylation is 1. The summed E-state index contributed by atoms with van der Waals surface area (Å²) < 4.78 is 0. The summed E-state index contributed by atoms with van der Waals surface area (Å²) in [5.74, 6) is 2.69. The molecule has 120 valence electrons. The molecule has 2 N–H and O–H groups in total. The lowest BCUT2D eigenvalue weighted by Crippen LogP contribution is -2.33. The number of aromatic nitrogens is 2. The van der Waals surface area contributed by atoms with Gasteiger partial charge in [-0.3, -0.25) is 0 Å². The molecule has 1 atom stereocenters. The Morgan fingerprint density at radius 1 is 1.05 bits per heavy atom. The molecule has 0 aromatic carbocycles. The van der Waals surface area contributed by atoms with Gasteiger partial charge in [-0.05, 0) is 40.7 Å². The third kappa shape index (κ3) is 5.50. The van der Waals surface area contributed by atoms with Gasteiger partial charge in [0.25, 0.3) is 0 Å². The topological polar surface area (TPSA) is 53.1 Å². The Morgan fingerprint density at radius 3 is 2.14 bits per heavy atom. The van der Waals surface area contributed by atoms with Crippen molar-refractivity contribution in [2.45, 2.75) is 53.5 Å². The number of rotatable bonds is 9. The van der Waals surface area contributed by atoms with Gasteiger partial charge in [0.05, 0.1) is 0 Å². The Labute approximate surface area is 129 Å². The average molecular weight is 293 g/mol. The number of hydrogen-bond acceptors (Lipinski definition) is 5. The second-order valence-electron chi connectivity index (χ2n) is 5.68. The fourth-order valence-corrected chi connectivity index (χ4v) is 2.10. The van der Waals surface area contributed by atoms with E-state index in [2.05, 4.69) is 60.2 Å². The van der Waals surface area contributed by atoms with Crippen LogP contribution in [0.2, 0.25) is 0 Å². The second-order valence-corrected chi connectivity index (χ2v) is 5.68. The Hall–Kier alpha value is -1.36. The van der Waals surface area contributed by atoms with Crippen molar-refractivity contribution in [2.24, 2.45) is 0 Å². The van der Waals surface area contributed by atoms with E-state index < -0.39 is 0 Å². The maximum atomic E-state index is 4.52. The second kappa shape index (κ2) is 8.82. The molecule has 0 fully saturated rings. The number of nitrogens with one attached hydrogen (secondary N) is 2. The van der Waals surface area contributed by atoms with Crippen LogP contribution in [0, 0.1) is 13.8 Å². The van der Waals surface area contributed by atoms with Gasteiger partial charge in [0, 0.05) is 31.2 Å². The SMILES string of the molecule is CCCNc1nc(C)nc(NCCN(C)C(C)CC)c1C. The van der Waals surface area contributed by atoms with Gasteiger partial charge in [-0.25, -0.2) is 9.97 Å². The van der Waals surface area contributed by atoms with Gasteiger partial charge in [-0.15, -0.1) is 0 Å². The zero-order valence-electron chi connectivity index (χ0n) is 14.5. The summed E-state index contributed by atoms with van der Waals surface area (Å²) in [4.78, 5) is 11.4. The molecule has 0 aliphatic carbocycles. The van der Waals surface area contributed by atoms with Crippen molar-refractivity contribution in [2.75, 3.05) is 37.3 Å². The maximum Gasteiger partial charge on any atom is 0.134 e. The molecule has 0 aliphatic rings. The summed E-state index contributed by atoms with van der Waals surface area (Å²) >= 11 is 0. The number of nitrogens with zero attached hydrogens (tertiary/aromatic N) is 3. The van der Waals surface area contributed by atoms with Gasteiger partial charge in [0.15, 0.2) is 0 Å². The fourth-order valence-electron chi connectivity index (χ4n) is 2.10. The van der Waals surface area contributed by atoms with E-state index in [1.54, 1.807) is 0 Å². The van der Waals surface area contributed by atoms with Crippen molar-refractivity contribution in [3.8, 4) is 0 Å². The molecular formula is C16H31N5. The molecule has 0 saturated carbocycles. The summed E-state index contributed by atoms with van der Waals surface area (Å²) in [6.07, 6.45) is 2.26. The van der Waals surface area contributed by atoms with E-state index in [-0.39, 0.29) is 0 Å². The third-order valence-corrected chi connectivity index (χ3v) is 3.90. The quantitative estimate of drug-likeness (QED) is 0.733. The number of likely N-dealkylation sites (N-methyl/N-ethyl adjacent to an activating group) is 1. The molecule has 0 radical (unpaired) electrons. The molecule has 0 spiro atoms. The van der Waals surface area contributed by atoms with Gasteiger partial charge in [-0.2, -0.15) is 0 Å². The maximum absolute atomic E-state index is 4.52. The van der Waals surface area contributed by atoms with E-state index in [0.717, 1.165) is 49.1 Å². The predicted molar refractivity (Wildman–Crippen MR) is 91.2 cm³/mol. The summed E-state index contributed by atoms with van der Waals surface area (Å²) in [7, 11) is 2.17. The average Bonchev–Trinajstić information content (AvgIpc) is 2.47. The van der Waals surface area contributed by atoms with E-state index in [0.29, 0.717) is 6.04 Å². The molecule has 0 bridgehead atoms. The lowest BCUT2D eigenvalue weighted by molar-refractivity contribution is 0.261. The standard InChI is InChI=1S/C16H31N5/c1-7-9-17-15-13(4)16(20-14(5)19-15)18-10-11-21(6)12(3)8-2/h12H,7-11H2,1-6H3,(H2,17,18,19,20). The van der Waals surface area contributed by atoms with Gasteiger partial charge >= 0.3 is 0 Å². The molecule has 1 unspecified atom stereocenters. The third-order valence-electron chi connectivity index (χ3n) is 3.90. The van der Waals surface area contributed by atoms with Gasteiger partial charge in [0.1, 0.15) is 17.5 Å². The van der Waals surface area contributed by atoms with Crippen molar-refractivity contribution in [3.63, 3.8) is 0 Å². The van der Waals surface area contributed by atoms with Crippen LogP contribution in [0.25, 0.3) is 0 Å². The predicted octanol–water partition coefficient (Wildman–Crippen LogP) is 3.06. The Bertz CT molecular complexity index is 433. The largest absolute Gasteiger partial charge is 0.370 e. The first kappa shape index (κ1) is 17.7. The molecule has 1 aromatic rings. The highest BCUT2D eigenvalue weighted by Gasteiger charge is 2.10. The Morgan fingerprint density at radius 2 is 1.62 bits per heavy atom. The first-order chi connectivity index (χ1) is 9.99. The van der Waals surface area contributed by atoms with E-state index in [1.807, 2.05) is 6.92 Å². The molecule has 5 nitrogen and oxygen atoms in total. The van der Waals surface area contributed by atoms with Gasteiger partial charge in [-0.1, -0.05) is 13.8 Å². The van der Waals surface area contributed by atoms with Crippen molar-refractivity contribution < 1.29 is 0 Å². The van der Waals surface area contributed by atoms with Crippen LogP contribution in [-0.4, -0.2) is 47.6 Å². The van der Waals surface area contributed by atoms with Gasteiger partial charge in [0.2, 0.25) is 0 Å². The summed E-state index contributed by atoms with van der Waals surface area (Å²) in [6, 6.07) is 0.613. The zero-order valence-corrected chi connectivity index (χ0v) is 14.5. The number of hydrogen-bond donors (Lipinski definition) is 2. The highest BCUT2D eigenvalue weighted by atomic mass is 15.2. The first-order valence-electron chi connectivity index (χ1n) is 8.02. The molecule has 0 saturated heterocycles. The van der Waals surface area contributed by atoms with Crippen molar-refractivity contribution in [1.29, 1.82) is 0 Å². The molecule has 1 heterocycles. The first-order valence-corrected chi connectivity index (χ1v) is 8.02. The lowest BCUT2D eigenvalue weighted by atomic mass is 10.2. The lowest BCUT2D eigenvalue weighted by Gasteiger charge is -2.24. The van der Waals surface area contributed by atoms with Crippen LogP contribution < -0.4 is 10.6 Å². The van der Waals surface area contributed by atoms with Crippen LogP contribution in [0.15, 0.2) is 0 Å². The number of anilines is 2. The molecule has 0 amide bonds. The Balaban J connectivity index is 2.64. The van der Waals surface area contributed by atoms with E-state index in [1.165, 1.54) is 6.42 Å². The van der Waals surface area contributed by atoms with E-state index >= 15 is 0 Å². The smallest absolute Gasteiger partial charge is 0.134 e. The molecule has 21 heavy (non-hydrogen) atoms. The summed E-state index contributed by atoms with van der Waals surface area (Å²) in [6.45, 7) is 13.5. The fraction of sp³-hybridized carbons (Fsp3) is 0.750. The highest BCUT2D eigenvalue weighted by Crippen LogP contribution is 2.19. The van der Waals surface area contributed by atoms with Crippen LogP contribution in [-0.2, 0) is 0 Å². The minimum absolute atomic E-state index is 0.613. The summed E-state index contributed by atoms with van der Waals surface area (Å²) in [5, 5.41) is 6.82. The molecule has 5 heteroatoms. The zero-order chi connectivity index (χ0) is 15.8. The van der Waals surface area contributed by atoms with Crippen LogP contribution >= 0.6 is 0 Å². The van der Waals surface area contributed by atoms with Gasteiger partial charge < -0.3 is 15.5 Å². The Kier molecular flexibility index (Phi) is 7.43. The van der Waals surface area contributed by atoms with Crippen molar-refractivity contribution in [1.82, 2.24) is 14.9 Å². The molecule has 0 aliphatic heterocycles. The van der Waals surface area contributed by atoms with Crippen molar-refractivity contribution >= 4 is 11.6 Å². The molecular weight excluding hydrogens is 262 g/mol. The minimum Gasteiger partial charge on any atom is -0.370 e. The highest BCUT2D eigenvalue weighted by molar-refractivity contribution is 5.57. The minimum atomic E-state index is 0.613. The van der Waals surface area contributed by atoms with Crippen LogP contribution in [0.4, 0.5) is 11.6 Å². The summed E-state index contributed by atoms with van der Waals surface area (Å²) in [5.41, 5.74) is 1.10. The van der Waals surface area contributed by atoms with E-state index in [4.69, 9.17) is 0 Å². The van der Waals surface area contributed by atoms with Crippen LogP contribution in [0.5, 0.6) is 0 Å². The van der Waals surface area contributed by atoms with E-state index in [9.17, 15) is 0 Å². The van der Waals surface area contributed by atoms with Crippen LogP contribution in [0.3, 0.4) is 0 Å². The molecule has 1 aromatic heterocycles. The molecule has 1 rings (SSSR count).